The van der Waals surface area contributed by atoms with Gasteiger partial charge in [-0.1, -0.05) is 29.6 Å². The van der Waals surface area contributed by atoms with Gasteiger partial charge in [0.25, 0.3) is 0 Å². The summed E-state index contributed by atoms with van der Waals surface area (Å²) in [6.45, 7) is 1.07. The lowest BCUT2D eigenvalue weighted by molar-refractivity contribution is -0.122. The average Bonchev–Trinajstić information content (AvgIpc) is 2.82. The van der Waals surface area contributed by atoms with Crippen LogP contribution >= 0.6 is 48.0 Å². The first-order chi connectivity index (χ1) is 10.1. The van der Waals surface area contributed by atoms with Crippen molar-refractivity contribution in [2.75, 3.05) is 18.4 Å². The van der Waals surface area contributed by atoms with E-state index in [0.29, 0.717) is 41.3 Å². The van der Waals surface area contributed by atoms with Crippen molar-refractivity contribution < 1.29 is 4.79 Å². The number of amides is 1. The maximum absolute atomic E-state index is 11.8. The Morgan fingerprint density at radius 2 is 2.04 bits per heavy atom. The second-order valence-corrected chi connectivity index (χ2v) is 6.16. The zero-order valence-electron chi connectivity index (χ0n) is 12.6. The van der Waals surface area contributed by atoms with Crippen LogP contribution in [-0.4, -0.2) is 30.0 Å². The van der Waals surface area contributed by atoms with Gasteiger partial charge in [0.15, 0.2) is 0 Å². The third-order valence-corrected chi connectivity index (χ3v) is 4.21. The van der Waals surface area contributed by atoms with Crippen LogP contribution in [0, 0.1) is 5.92 Å². The first kappa shape index (κ1) is 22.5. The van der Waals surface area contributed by atoms with E-state index in [4.69, 9.17) is 28.9 Å². The number of halogens is 4. The average molecular weight is 404 g/mol. The number of pyridine rings is 1. The number of carbonyl (C=O) groups excluding carboxylic acids is 1. The van der Waals surface area contributed by atoms with Crippen molar-refractivity contribution in [2.45, 2.75) is 31.7 Å². The molecule has 9 heteroatoms. The first-order valence-corrected chi connectivity index (χ1v) is 7.89. The highest BCUT2D eigenvalue weighted by molar-refractivity contribution is 6.35. The van der Waals surface area contributed by atoms with Crippen molar-refractivity contribution in [1.29, 1.82) is 0 Å². The zero-order chi connectivity index (χ0) is 15.2. The Hall–Kier alpha value is -0.460. The van der Waals surface area contributed by atoms with Crippen LogP contribution in [0.1, 0.15) is 25.7 Å². The Morgan fingerprint density at radius 1 is 1.30 bits per heavy atom. The molecule has 1 aliphatic carbocycles. The molecule has 0 aromatic carbocycles. The van der Waals surface area contributed by atoms with Gasteiger partial charge in [-0.05, 0) is 24.8 Å². The van der Waals surface area contributed by atoms with E-state index in [0.717, 1.165) is 19.3 Å². The van der Waals surface area contributed by atoms with Crippen molar-refractivity contribution >= 4 is 59.7 Å². The van der Waals surface area contributed by atoms with E-state index in [1.54, 1.807) is 6.07 Å². The van der Waals surface area contributed by atoms with Gasteiger partial charge in [0, 0.05) is 31.7 Å². The third-order valence-electron chi connectivity index (χ3n) is 3.71. The fourth-order valence-electron chi connectivity index (χ4n) is 2.56. The fourth-order valence-corrected chi connectivity index (χ4v) is 3.00. The van der Waals surface area contributed by atoms with E-state index in [2.05, 4.69) is 15.6 Å². The van der Waals surface area contributed by atoms with Gasteiger partial charge < -0.3 is 16.4 Å². The third kappa shape index (κ3) is 7.31. The van der Waals surface area contributed by atoms with Crippen LogP contribution in [-0.2, 0) is 4.79 Å². The molecule has 1 saturated carbocycles. The van der Waals surface area contributed by atoms with E-state index in [1.165, 1.54) is 6.20 Å². The van der Waals surface area contributed by atoms with E-state index < -0.39 is 0 Å². The molecular weight excluding hydrogens is 382 g/mol. The Bertz CT molecular complexity index is 504. The minimum atomic E-state index is 0. The van der Waals surface area contributed by atoms with E-state index in [9.17, 15) is 4.79 Å². The van der Waals surface area contributed by atoms with Gasteiger partial charge in [-0.3, -0.25) is 4.79 Å². The number of aromatic nitrogens is 1. The van der Waals surface area contributed by atoms with Gasteiger partial charge in [0.2, 0.25) is 5.91 Å². The predicted octanol–water partition coefficient (Wildman–Crippen LogP) is 3.28. The Morgan fingerprint density at radius 3 is 2.65 bits per heavy atom. The summed E-state index contributed by atoms with van der Waals surface area (Å²) < 4.78 is 0. The maximum Gasteiger partial charge on any atom is 0.220 e. The molecule has 4 N–H and O–H groups in total. The van der Waals surface area contributed by atoms with Crippen molar-refractivity contribution in [3.8, 4) is 0 Å². The Labute approximate surface area is 158 Å². The minimum Gasteiger partial charge on any atom is -0.367 e. The molecule has 1 heterocycles. The number of nitrogens with one attached hydrogen (secondary N) is 2. The molecule has 0 radical (unpaired) electrons. The first-order valence-electron chi connectivity index (χ1n) is 7.13. The number of anilines is 1. The molecule has 23 heavy (non-hydrogen) atoms. The fraction of sp³-hybridized carbons (Fsp3) is 0.571. The molecule has 0 bridgehead atoms. The monoisotopic (exact) mass is 402 g/mol. The smallest absolute Gasteiger partial charge is 0.220 e. The summed E-state index contributed by atoms with van der Waals surface area (Å²) >= 11 is 11.8. The van der Waals surface area contributed by atoms with Gasteiger partial charge in [-0.2, -0.15) is 0 Å². The highest BCUT2D eigenvalue weighted by atomic mass is 35.5. The second-order valence-electron chi connectivity index (χ2n) is 5.32. The lowest BCUT2D eigenvalue weighted by Crippen LogP contribution is -2.33. The van der Waals surface area contributed by atoms with Crippen LogP contribution in [0.5, 0.6) is 0 Å². The topological polar surface area (TPSA) is 80.0 Å². The Kier molecular flexibility index (Phi) is 10.9. The van der Waals surface area contributed by atoms with Crippen molar-refractivity contribution in [3.05, 3.63) is 22.3 Å². The van der Waals surface area contributed by atoms with Crippen LogP contribution in [0.2, 0.25) is 10.0 Å². The van der Waals surface area contributed by atoms with Gasteiger partial charge in [-0.15, -0.1) is 24.8 Å². The number of carbonyl (C=O) groups is 1. The van der Waals surface area contributed by atoms with Crippen LogP contribution in [0.15, 0.2) is 12.3 Å². The molecule has 1 aliphatic rings. The van der Waals surface area contributed by atoms with Gasteiger partial charge in [0.1, 0.15) is 5.82 Å². The summed E-state index contributed by atoms with van der Waals surface area (Å²) in [6, 6.07) is 1.80. The summed E-state index contributed by atoms with van der Waals surface area (Å²) in [5.41, 5.74) is 5.96. The number of hydrogen-bond donors (Lipinski definition) is 3. The highest BCUT2D eigenvalue weighted by Crippen LogP contribution is 2.26. The van der Waals surface area contributed by atoms with E-state index in [1.807, 2.05) is 0 Å². The molecule has 132 valence electrons. The number of hydrogen-bond acceptors (Lipinski definition) is 4. The SMILES string of the molecule is Cl.Cl.N[C@@H]1CCC[C@H]1CC(=O)NCCNc1ncc(Cl)cc1Cl. The number of nitrogens with two attached hydrogens (primary N) is 1. The number of nitrogens with zero attached hydrogens (tertiary/aromatic N) is 1. The van der Waals surface area contributed by atoms with Crippen LogP contribution < -0.4 is 16.4 Å². The molecule has 0 saturated heterocycles. The lowest BCUT2D eigenvalue weighted by atomic mass is 10.00. The number of rotatable bonds is 6. The molecule has 1 fully saturated rings. The van der Waals surface area contributed by atoms with E-state index >= 15 is 0 Å². The summed E-state index contributed by atoms with van der Waals surface area (Å²) in [7, 11) is 0. The largest absolute Gasteiger partial charge is 0.367 e. The summed E-state index contributed by atoms with van der Waals surface area (Å²) in [5.74, 6) is 0.938. The molecule has 0 spiro atoms. The van der Waals surface area contributed by atoms with Crippen LogP contribution in [0.4, 0.5) is 5.82 Å². The predicted molar refractivity (Wildman–Crippen MR) is 100 cm³/mol. The molecule has 1 aromatic heterocycles. The molecule has 1 amide bonds. The molecule has 2 rings (SSSR count). The zero-order valence-corrected chi connectivity index (χ0v) is 15.7. The standard InChI is InChI=1S/C14H20Cl2N4O.2ClH/c15-10-7-11(16)14(20-8-10)19-5-4-18-13(21)6-9-2-1-3-12(9)17;;/h7-9,12H,1-6,17H2,(H,18,21)(H,19,20);2*1H/t9-,12+;;/m0../s1. The van der Waals surface area contributed by atoms with Gasteiger partial charge >= 0.3 is 0 Å². The van der Waals surface area contributed by atoms with Crippen LogP contribution in [0.25, 0.3) is 0 Å². The summed E-state index contributed by atoms with van der Waals surface area (Å²) in [6.07, 6.45) is 5.25. The van der Waals surface area contributed by atoms with Crippen molar-refractivity contribution in [1.82, 2.24) is 10.3 Å². The molecular formula is C14H22Cl4N4O. The molecule has 0 unspecified atom stereocenters. The maximum atomic E-state index is 11.8. The lowest BCUT2D eigenvalue weighted by Gasteiger charge is -2.15. The molecule has 1 aromatic rings. The normalized spacial score (nSPS) is 19.4. The second kappa shape index (κ2) is 11.2. The van der Waals surface area contributed by atoms with E-state index in [-0.39, 0.29) is 36.8 Å². The summed E-state index contributed by atoms with van der Waals surface area (Å²) in [5, 5.41) is 6.89. The molecule has 2 atom stereocenters. The van der Waals surface area contributed by atoms with Gasteiger partial charge in [-0.25, -0.2) is 4.98 Å². The van der Waals surface area contributed by atoms with Crippen molar-refractivity contribution in [2.24, 2.45) is 11.7 Å². The van der Waals surface area contributed by atoms with Crippen LogP contribution in [0.3, 0.4) is 0 Å². The minimum absolute atomic E-state index is 0. The molecule has 0 aliphatic heterocycles. The van der Waals surface area contributed by atoms with Gasteiger partial charge in [0.05, 0.1) is 10.0 Å². The quantitative estimate of drug-likeness (QED) is 0.636. The summed E-state index contributed by atoms with van der Waals surface area (Å²) in [4.78, 5) is 15.9. The van der Waals surface area contributed by atoms with Crippen molar-refractivity contribution in [3.63, 3.8) is 0 Å². The Balaban J connectivity index is 0.00000242. The highest BCUT2D eigenvalue weighted by Gasteiger charge is 2.25. The molecule has 5 nitrogen and oxygen atoms in total.